The minimum absolute atomic E-state index is 0.0106. The molecule has 0 saturated heterocycles. The fraction of sp³-hybridized carbons (Fsp3) is 0.538. The van der Waals surface area contributed by atoms with E-state index < -0.39 is 15.8 Å². The highest BCUT2D eigenvalue weighted by molar-refractivity contribution is 7.98. The number of hydrogen-bond acceptors (Lipinski definition) is 3. The summed E-state index contributed by atoms with van der Waals surface area (Å²) < 4.78 is 40.3. The lowest BCUT2D eigenvalue weighted by atomic mass is 10.1. The summed E-state index contributed by atoms with van der Waals surface area (Å²) in [6.07, 6.45) is 1.91. The van der Waals surface area contributed by atoms with Crippen LogP contribution in [0, 0.1) is 12.7 Å². The molecule has 1 aromatic carbocycles. The first-order valence-electron chi connectivity index (χ1n) is 6.07. The summed E-state index contributed by atoms with van der Waals surface area (Å²) in [7, 11) is -2.21. The lowest BCUT2D eigenvalue weighted by molar-refractivity contribution is 0.414. The average molecular weight is 340 g/mol. The summed E-state index contributed by atoms with van der Waals surface area (Å²) in [4.78, 5) is -0.0106. The molecule has 1 atom stereocenters. The van der Waals surface area contributed by atoms with E-state index in [2.05, 4.69) is 0 Å². The number of hydrogen-bond donors (Lipinski definition) is 0. The van der Waals surface area contributed by atoms with Crippen LogP contribution in [0.25, 0.3) is 0 Å². The van der Waals surface area contributed by atoms with Gasteiger partial charge in [0.1, 0.15) is 5.82 Å². The highest BCUT2D eigenvalue weighted by Crippen LogP contribution is 2.25. The Kier molecular flexibility index (Phi) is 6.31. The molecule has 0 amide bonds. The van der Waals surface area contributed by atoms with Gasteiger partial charge in [0.25, 0.3) is 0 Å². The zero-order valence-corrected chi connectivity index (χ0v) is 14.4. The van der Waals surface area contributed by atoms with Gasteiger partial charge in [-0.05, 0) is 37.8 Å². The molecule has 7 heteroatoms. The SMILES string of the molecule is CSCC(C)N(C)S(=O)(=O)c1cc(CCl)cc(F)c1C. The van der Waals surface area contributed by atoms with E-state index in [4.69, 9.17) is 11.6 Å². The summed E-state index contributed by atoms with van der Waals surface area (Å²) >= 11 is 7.25. The van der Waals surface area contributed by atoms with E-state index in [1.54, 1.807) is 11.8 Å². The topological polar surface area (TPSA) is 37.4 Å². The van der Waals surface area contributed by atoms with Gasteiger partial charge in [-0.3, -0.25) is 0 Å². The van der Waals surface area contributed by atoms with Gasteiger partial charge >= 0.3 is 0 Å². The molecule has 0 saturated carbocycles. The van der Waals surface area contributed by atoms with Crippen molar-refractivity contribution in [1.82, 2.24) is 4.31 Å². The van der Waals surface area contributed by atoms with Gasteiger partial charge in [0.15, 0.2) is 0 Å². The maximum atomic E-state index is 13.8. The summed E-state index contributed by atoms with van der Waals surface area (Å²) in [5.74, 6) is 0.198. The molecule has 1 rings (SSSR count). The smallest absolute Gasteiger partial charge is 0.207 e. The second-order valence-electron chi connectivity index (χ2n) is 4.66. The van der Waals surface area contributed by atoms with Gasteiger partial charge in [-0.15, -0.1) is 11.6 Å². The molecular weight excluding hydrogens is 321 g/mol. The Morgan fingerprint density at radius 2 is 2.05 bits per heavy atom. The van der Waals surface area contributed by atoms with Crippen LogP contribution in [0.15, 0.2) is 17.0 Å². The van der Waals surface area contributed by atoms with E-state index in [-0.39, 0.29) is 22.4 Å². The molecule has 0 bridgehead atoms. The number of nitrogens with zero attached hydrogens (tertiary/aromatic N) is 1. The van der Waals surface area contributed by atoms with Crippen LogP contribution >= 0.6 is 23.4 Å². The fourth-order valence-electron chi connectivity index (χ4n) is 1.79. The number of thioether (sulfide) groups is 1. The molecule has 20 heavy (non-hydrogen) atoms. The predicted molar refractivity (Wildman–Crippen MR) is 83.5 cm³/mol. The predicted octanol–water partition coefficient (Wildman–Crippen LogP) is 3.24. The summed E-state index contributed by atoms with van der Waals surface area (Å²) in [5, 5.41) is 0. The van der Waals surface area contributed by atoms with Gasteiger partial charge in [-0.1, -0.05) is 0 Å². The van der Waals surface area contributed by atoms with Crippen molar-refractivity contribution in [3.63, 3.8) is 0 Å². The lowest BCUT2D eigenvalue weighted by Gasteiger charge is -2.24. The van der Waals surface area contributed by atoms with Gasteiger partial charge in [0.2, 0.25) is 10.0 Å². The lowest BCUT2D eigenvalue weighted by Crippen LogP contribution is -2.37. The van der Waals surface area contributed by atoms with Crippen LogP contribution in [-0.2, 0) is 15.9 Å². The van der Waals surface area contributed by atoms with Gasteiger partial charge < -0.3 is 0 Å². The van der Waals surface area contributed by atoms with Crippen LogP contribution in [0.4, 0.5) is 4.39 Å². The second kappa shape index (κ2) is 7.11. The maximum absolute atomic E-state index is 13.8. The first kappa shape index (κ1) is 17.8. The highest BCUT2D eigenvalue weighted by atomic mass is 35.5. The molecule has 0 aliphatic rings. The van der Waals surface area contributed by atoms with Crippen molar-refractivity contribution < 1.29 is 12.8 Å². The number of benzene rings is 1. The fourth-order valence-corrected chi connectivity index (χ4v) is 4.39. The van der Waals surface area contributed by atoms with Crippen molar-refractivity contribution in [2.45, 2.75) is 30.7 Å². The van der Waals surface area contributed by atoms with Crippen LogP contribution in [0.5, 0.6) is 0 Å². The zero-order valence-electron chi connectivity index (χ0n) is 12.0. The standard InChI is InChI=1S/C13H19ClFNO2S2/c1-9(8-19-4)16(3)20(17,18)13-6-11(7-14)5-12(15)10(13)2/h5-6,9H,7-8H2,1-4H3. The van der Waals surface area contributed by atoms with E-state index in [0.717, 1.165) is 0 Å². The van der Waals surface area contributed by atoms with Crippen molar-refractivity contribution in [3.05, 3.63) is 29.1 Å². The largest absolute Gasteiger partial charge is 0.243 e. The number of rotatable bonds is 6. The third-order valence-corrected chi connectivity index (χ3v) is 6.42. The highest BCUT2D eigenvalue weighted by Gasteiger charge is 2.28. The number of sulfonamides is 1. The number of alkyl halides is 1. The number of halogens is 2. The van der Waals surface area contributed by atoms with Gasteiger partial charge in [0, 0.05) is 30.3 Å². The van der Waals surface area contributed by atoms with E-state index in [9.17, 15) is 12.8 Å². The van der Waals surface area contributed by atoms with Gasteiger partial charge in [0.05, 0.1) is 4.90 Å². The second-order valence-corrected chi connectivity index (χ2v) is 7.80. The van der Waals surface area contributed by atoms with Crippen LogP contribution in [0.2, 0.25) is 0 Å². The third-order valence-electron chi connectivity index (χ3n) is 3.20. The van der Waals surface area contributed by atoms with E-state index in [1.807, 2.05) is 13.2 Å². The Morgan fingerprint density at radius 1 is 1.45 bits per heavy atom. The molecule has 0 aliphatic carbocycles. The molecule has 3 nitrogen and oxygen atoms in total. The Labute approximate surface area is 129 Å². The average Bonchev–Trinajstić information content (AvgIpc) is 2.40. The minimum atomic E-state index is -3.72. The van der Waals surface area contributed by atoms with Gasteiger partial charge in [-0.2, -0.15) is 16.1 Å². The normalized spacial score (nSPS) is 13.8. The van der Waals surface area contributed by atoms with Crippen molar-refractivity contribution in [1.29, 1.82) is 0 Å². The van der Waals surface area contributed by atoms with Crippen molar-refractivity contribution >= 4 is 33.4 Å². The molecule has 0 spiro atoms. The summed E-state index contributed by atoms with van der Waals surface area (Å²) in [5.41, 5.74) is 0.585. The maximum Gasteiger partial charge on any atom is 0.243 e. The molecule has 0 aliphatic heterocycles. The summed E-state index contributed by atoms with van der Waals surface area (Å²) in [6, 6.07) is 2.55. The summed E-state index contributed by atoms with van der Waals surface area (Å²) in [6.45, 7) is 3.29. The Bertz CT molecular complexity index is 578. The first-order valence-corrected chi connectivity index (χ1v) is 9.44. The van der Waals surface area contributed by atoms with E-state index in [0.29, 0.717) is 11.3 Å². The third kappa shape index (κ3) is 3.67. The molecule has 0 N–H and O–H groups in total. The van der Waals surface area contributed by atoms with Crippen molar-refractivity contribution in [3.8, 4) is 0 Å². The van der Waals surface area contributed by atoms with Crippen LogP contribution in [0.3, 0.4) is 0 Å². The molecule has 1 aromatic rings. The Morgan fingerprint density at radius 3 is 2.55 bits per heavy atom. The Hall–Kier alpha value is -0.300. The van der Waals surface area contributed by atoms with E-state index >= 15 is 0 Å². The Balaban J connectivity index is 3.31. The van der Waals surface area contributed by atoms with Crippen LogP contribution in [0.1, 0.15) is 18.1 Å². The minimum Gasteiger partial charge on any atom is -0.207 e. The van der Waals surface area contributed by atoms with Crippen molar-refractivity contribution in [2.24, 2.45) is 0 Å². The molecule has 114 valence electrons. The van der Waals surface area contributed by atoms with Crippen LogP contribution < -0.4 is 0 Å². The monoisotopic (exact) mass is 339 g/mol. The van der Waals surface area contributed by atoms with Crippen molar-refractivity contribution in [2.75, 3.05) is 19.1 Å². The zero-order chi connectivity index (χ0) is 15.5. The quantitative estimate of drug-likeness (QED) is 0.747. The van der Waals surface area contributed by atoms with E-state index in [1.165, 1.54) is 30.4 Å². The molecule has 0 aromatic heterocycles. The molecule has 0 fully saturated rings. The molecule has 0 heterocycles. The molecule has 0 radical (unpaired) electrons. The van der Waals surface area contributed by atoms with Crippen LogP contribution in [-0.4, -0.2) is 37.8 Å². The molecule has 1 unspecified atom stereocenters. The molecular formula is C13H19ClFNO2S2. The van der Waals surface area contributed by atoms with Gasteiger partial charge in [-0.25, -0.2) is 12.8 Å². The first-order chi connectivity index (χ1) is 9.25.